The lowest BCUT2D eigenvalue weighted by Gasteiger charge is -2.20. The van der Waals surface area contributed by atoms with Gasteiger partial charge in [0.1, 0.15) is 0 Å². The zero-order valence-electron chi connectivity index (χ0n) is 11.8. The summed E-state index contributed by atoms with van der Waals surface area (Å²) < 4.78 is 26.8. The van der Waals surface area contributed by atoms with E-state index in [-0.39, 0.29) is 33.7 Å². The summed E-state index contributed by atoms with van der Waals surface area (Å²) in [5.41, 5.74) is -0.170. The number of aliphatic hydroxyl groups is 1. The van der Waals surface area contributed by atoms with Gasteiger partial charge in [0.25, 0.3) is 5.69 Å². The molecule has 0 aromatic heterocycles. The maximum absolute atomic E-state index is 12.2. The molecule has 0 amide bonds. The Balaban J connectivity index is 3.29. The van der Waals surface area contributed by atoms with Crippen molar-refractivity contribution in [3.05, 3.63) is 32.8 Å². The number of benzene rings is 1. The summed E-state index contributed by atoms with van der Waals surface area (Å²) in [4.78, 5) is 9.94. The van der Waals surface area contributed by atoms with Crippen LogP contribution in [0.25, 0.3) is 0 Å². The summed E-state index contributed by atoms with van der Waals surface area (Å²) in [5.74, 6) is -0.138. The lowest BCUT2D eigenvalue weighted by Crippen LogP contribution is -2.41. The van der Waals surface area contributed by atoms with E-state index in [1.165, 1.54) is 6.92 Å². The van der Waals surface area contributed by atoms with Gasteiger partial charge >= 0.3 is 0 Å². The Morgan fingerprint density at radius 1 is 1.43 bits per heavy atom. The molecular weight excluding hydrogens is 320 g/mol. The molecule has 1 rings (SSSR count). The zero-order chi connectivity index (χ0) is 16.4. The first-order valence-corrected chi connectivity index (χ1v) is 8.04. The Kier molecular flexibility index (Phi) is 5.68. The third-order valence-electron chi connectivity index (χ3n) is 3.11. The number of sulfonamides is 1. The van der Waals surface area contributed by atoms with Crippen molar-refractivity contribution in [3.63, 3.8) is 0 Å². The van der Waals surface area contributed by atoms with Crippen molar-refractivity contribution in [1.29, 1.82) is 0 Å². The van der Waals surface area contributed by atoms with Gasteiger partial charge in [-0.15, -0.1) is 0 Å². The number of rotatable bonds is 6. The van der Waals surface area contributed by atoms with Gasteiger partial charge in [0.05, 0.1) is 21.4 Å². The minimum atomic E-state index is -4.01. The number of nitrogens with one attached hydrogen (secondary N) is 1. The highest BCUT2D eigenvalue weighted by molar-refractivity contribution is 7.89. The molecule has 0 radical (unpaired) electrons. The van der Waals surface area contributed by atoms with Crippen molar-refractivity contribution in [3.8, 4) is 0 Å². The second kappa shape index (κ2) is 6.69. The molecule has 0 fully saturated rings. The van der Waals surface area contributed by atoms with E-state index in [4.69, 9.17) is 11.6 Å². The topological polar surface area (TPSA) is 110 Å². The SMILES string of the molecule is Cc1c(Cl)cc(S(=O)(=O)NC(CO)C(C)C)cc1[N+](=O)[O-]. The van der Waals surface area contributed by atoms with Gasteiger partial charge in [-0.05, 0) is 18.9 Å². The van der Waals surface area contributed by atoms with Crippen molar-refractivity contribution >= 4 is 27.3 Å². The molecule has 2 N–H and O–H groups in total. The molecule has 0 aliphatic heterocycles. The highest BCUT2D eigenvalue weighted by atomic mass is 35.5. The fourth-order valence-electron chi connectivity index (χ4n) is 1.64. The molecule has 0 bridgehead atoms. The summed E-state index contributed by atoms with van der Waals surface area (Å²) in [7, 11) is -4.01. The van der Waals surface area contributed by atoms with Crippen LogP contribution in [0.1, 0.15) is 19.4 Å². The largest absolute Gasteiger partial charge is 0.395 e. The quantitative estimate of drug-likeness (QED) is 0.608. The van der Waals surface area contributed by atoms with E-state index < -0.39 is 21.0 Å². The van der Waals surface area contributed by atoms with Gasteiger partial charge in [-0.1, -0.05) is 25.4 Å². The Morgan fingerprint density at radius 3 is 2.43 bits per heavy atom. The van der Waals surface area contributed by atoms with Crippen molar-refractivity contribution in [1.82, 2.24) is 4.72 Å². The third kappa shape index (κ3) is 4.13. The molecule has 9 heteroatoms. The van der Waals surface area contributed by atoms with Gasteiger partial charge < -0.3 is 5.11 Å². The molecule has 1 aromatic rings. The second-order valence-corrected chi connectivity index (χ2v) is 7.08. The summed E-state index contributed by atoms with van der Waals surface area (Å²) in [6.45, 7) is 4.55. The van der Waals surface area contributed by atoms with Crippen LogP contribution in [0.5, 0.6) is 0 Å². The Hall–Kier alpha value is -1.22. The number of nitro groups is 1. The van der Waals surface area contributed by atoms with Gasteiger partial charge in [0.15, 0.2) is 0 Å². The molecule has 1 aromatic carbocycles. The third-order valence-corrected chi connectivity index (χ3v) is 4.97. The lowest BCUT2D eigenvalue weighted by atomic mass is 10.1. The highest BCUT2D eigenvalue weighted by Crippen LogP contribution is 2.29. The average molecular weight is 337 g/mol. The van der Waals surface area contributed by atoms with Crippen LogP contribution in [0.15, 0.2) is 17.0 Å². The van der Waals surface area contributed by atoms with Crippen molar-refractivity contribution in [2.45, 2.75) is 31.7 Å². The molecule has 118 valence electrons. The van der Waals surface area contributed by atoms with E-state index in [1.54, 1.807) is 13.8 Å². The van der Waals surface area contributed by atoms with Crippen LogP contribution in [-0.2, 0) is 10.0 Å². The fraction of sp³-hybridized carbons (Fsp3) is 0.500. The first kappa shape index (κ1) is 17.8. The Bertz CT molecular complexity index is 645. The number of nitro benzene ring substituents is 1. The minimum absolute atomic E-state index is 0.00493. The molecule has 1 unspecified atom stereocenters. The first-order valence-electron chi connectivity index (χ1n) is 6.18. The van der Waals surface area contributed by atoms with Gasteiger partial charge in [-0.2, -0.15) is 0 Å². The van der Waals surface area contributed by atoms with Crippen LogP contribution in [0.4, 0.5) is 5.69 Å². The molecule has 0 aliphatic rings. The van der Waals surface area contributed by atoms with Crippen molar-refractivity contribution in [2.75, 3.05) is 6.61 Å². The van der Waals surface area contributed by atoms with Crippen LogP contribution in [-0.4, -0.2) is 31.1 Å². The van der Waals surface area contributed by atoms with Gasteiger partial charge in [-0.3, -0.25) is 10.1 Å². The van der Waals surface area contributed by atoms with E-state index in [9.17, 15) is 23.6 Å². The smallest absolute Gasteiger partial charge is 0.275 e. The summed E-state index contributed by atoms with van der Waals surface area (Å²) in [5, 5.41) is 20.1. The molecule has 1 atom stereocenters. The van der Waals surface area contributed by atoms with E-state index in [0.29, 0.717) is 0 Å². The molecule has 21 heavy (non-hydrogen) atoms. The summed E-state index contributed by atoms with van der Waals surface area (Å²) >= 11 is 5.86. The van der Waals surface area contributed by atoms with E-state index in [0.717, 1.165) is 12.1 Å². The standard InChI is InChI=1S/C12H17ClN2O5S/c1-7(2)11(6-16)14-21(19,20)9-4-10(13)8(3)12(5-9)15(17)18/h4-5,7,11,14,16H,6H2,1-3H3. The lowest BCUT2D eigenvalue weighted by molar-refractivity contribution is -0.385. The highest BCUT2D eigenvalue weighted by Gasteiger charge is 2.25. The van der Waals surface area contributed by atoms with Crippen molar-refractivity contribution in [2.24, 2.45) is 5.92 Å². The molecule has 0 spiro atoms. The van der Waals surface area contributed by atoms with Gasteiger partial charge in [0, 0.05) is 17.7 Å². The van der Waals surface area contributed by atoms with Crippen LogP contribution in [0.2, 0.25) is 5.02 Å². The molecule has 0 saturated carbocycles. The minimum Gasteiger partial charge on any atom is -0.395 e. The number of aliphatic hydroxyl groups excluding tert-OH is 1. The maximum Gasteiger partial charge on any atom is 0.275 e. The van der Waals surface area contributed by atoms with Crippen LogP contribution >= 0.6 is 11.6 Å². The Morgan fingerprint density at radius 2 is 2.00 bits per heavy atom. The van der Waals surface area contributed by atoms with Crippen molar-refractivity contribution < 1.29 is 18.4 Å². The number of nitrogens with zero attached hydrogens (tertiary/aromatic N) is 1. The van der Waals surface area contributed by atoms with Crippen LogP contribution in [0, 0.1) is 23.0 Å². The summed E-state index contributed by atoms with van der Waals surface area (Å²) in [6, 6.07) is 1.42. The Labute approximate surface area is 128 Å². The molecule has 0 aliphatic carbocycles. The number of hydrogen-bond donors (Lipinski definition) is 2. The predicted molar refractivity (Wildman–Crippen MR) is 78.9 cm³/mol. The van der Waals surface area contributed by atoms with Gasteiger partial charge in [-0.25, -0.2) is 13.1 Å². The average Bonchev–Trinajstić information content (AvgIpc) is 2.38. The monoisotopic (exact) mass is 336 g/mol. The van der Waals surface area contributed by atoms with Gasteiger partial charge in [0.2, 0.25) is 10.0 Å². The summed E-state index contributed by atoms with van der Waals surface area (Å²) in [6.07, 6.45) is 0. The normalized spacial score (nSPS) is 13.4. The van der Waals surface area contributed by atoms with Crippen LogP contribution < -0.4 is 4.72 Å². The molecule has 0 saturated heterocycles. The van der Waals surface area contributed by atoms with E-state index in [2.05, 4.69) is 4.72 Å². The second-order valence-electron chi connectivity index (χ2n) is 4.96. The molecular formula is C12H17ClN2O5S. The zero-order valence-corrected chi connectivity index (χ0v) is 13.4. The van der Waals surface area contributed by atoms with Crippen LogP contribution in [0.3, 0.4) is 0 Å². The van der Waals surface area contributed by atoms with E-state index >= 15 is 0 Å². The van der Waals surface area contributed by atoms with E-state index in [1.807, 2.05) is 0 Å². The molecule has 0 heterocycles. The number of halogens is 1. The predicted octanol–water partition coefficient (Wildman–Crippen LogP) is 1.85. The first-order chi connectivity index (χ1) is 9.60. The maximum atomic E-state index is 12.2. The fourth-order valence-corrected chi connectivity index (χ4v) is 3.34. The molecule has 7 nitrogen and oxygen atoms in total. The number of hydrogen-bond acceptors (Lipinski definition) is 5.